The zero-order valence-electron chi connectivity index (χ0n) is 19.3. The van der Waals surface area contributed by atoms with Crippen LogP contribution in [0.5, 0.6) is 0 Å². The molecule has 1 N–H and O–H groups in total. The van der Waals surface area contributed by atoms with Gasteiger partial charge in [-0.05, 0) is 52.9 Å². The van der Waals surface area contributed by atoms with Crippen LogP contribution in [-0.4, -0.2) is 18.3 Å². The number of hydrogen-bond donors (Lipinski definition) is 1. The summed E-state index contributed by atoms with van der Waals surface area (Å²) in [5, 5.41) is 0. The van der Waals surface area contributed by atoms with Crippen LogP contribution in [-0.2, 0) is 36.1 Å². The lowest BCUT2D eigenvalue weighted by Gasteiger charge is -2.24. The maximum atomic E-state index is 13.1. The molecule has 1 heterocycles. The lowest BCUT2D eigenvalue weighted by atomic mass is 10.1. The standard InChI is InChI=1S/C28H29N3O2S/c1-2-23-14-16-27(17-15-23)34(32,33)30-28-13-7-6-12-26(28)22-31(20-24-9-4-3-5-10-24)21-25-11-8-18-29-19-25/h3-19,30H,2,20-22H2,1H3. The van der Waals surface area contributed by atoms with Crippen molar-refractivity contribution >= 4 is 15.7 Å². The Kier molecular flexibility index (Phi) is 7.72. The van der Waals surface area contributed by atoms with Gasteiger partial charge >= 0.3 is 0 Å². The van der Waals surface area contributed by atoms with Crippen LogP contribution < -0.4 is 4.72 Å². The van der Waals surface area contributed by atoms with Gasteiger partial charge < -0.3 is 0 Å². The third-order valence-corrected chi connectivity index (χ3v) is 7.06. The Labute approximate surface area is 202 Å². The molecule has 5 nitrogen and oxygen atoms in total. The van der Waals surface area contributed by atoms with Gasteiger partial charge in [-0.3, -0.25) is 14.6 Å². The molecule has 0 amide bonds. The molecule has 4 aromatic rings. The van der Waals surface area contributed by atoms with Gasteiger partial charge in [-0.25, -0.2) is 8.42 Å². The normalized spacial score (nSPS) is 11.5. The predicted molar refractivity (Wildman–Crippen MR) is 137 cm³/mol. The van der Waals surface area contributed by atoms with E-state index in [1.807, 2.05) is 73.8 Å². The molecule has 0 spiro atoms. The number of benzene rings is 3. The zero-order chi connectivity index (χ0) is 23.8. The Hall–Kier alpha value is -3.48. The molecule has 0 fully saturated rings. The lowest BCUT2D eigenvalue weighted by Crippen LogP contribution is -2.23. The summed E-state index contributed by atoms with van der Waals surface area (Å²) in [5.41, 5.74) is 4.90. The molecule has 174 valence electrons. The Morgan fingerprint density at radius 1 is 0.735 bits per heavy atom. The summed E-state index contributed by atoms with van der Waals surface area (Å²) in [6.07, 6.45) is 4.50. The van der Waals surface area contributed by atoms with Gasteiger partial charge in [-0.1, -0.05) is 73.7 Å². The van der Waals surface area contributed by atoms with Crippen LogP contribution in [0, 0.1) is 0 Å². The van der Waals surface area contributed by atoms with Crippen LogP contribution in [0.2, 0.25) is 0 Å². The van der Waals surface area contributed by atoms with E-state index in [2.05, 4.69) is 32.8 Å². The Morgan fingerprint density at radius 3 is 2.12 bits per heavy atom. The smallest absolute Gasteiger partial charge is 0.261 e. The first-order chi connectivity index (χ1) is 16.5. The second kappa shape index (κ2) is 11.1. The quantitative estimate of drug-likeness (QED) is 0.325. The van der Waals surface area contributed by atoms with Crippen LogP contribution in [0.15, 0.2) is 108 Å². The fourth-order valence-electron chi connectivity index (χ4n) is 3.87. The fourth-order valence-corrected chi connectivity index (χ4v) is 4.97. The van der Waals surface area contributed by atoms with Crippen molar-refractivity contribution in [1.82, 2.24) is 9.88 Å². The number of aryl methyl sites for hydroxylation is 1. The van der Waals surface area contributed by atoms with Crippen molar-refractivity contribution in [3.05, 3.63) is 126 Å². The van der Waals surface area contributed by atoms with Gasteiger partial charge in [0.25, 0.3) is 10.0 Å². The average molecular weight is 472 g/mol. The predicted octanol–water partition coefficient (Wildman–Crippen LogP) is 5.65. The minimum Gasteiger partial charge on any atom is -0.290 e. The molecule has 0 aliphatic carbocycles. The molecular weight excluding hydrogens is 442 g/mol. The van der Waals surface area contributed by atoms with E-state index in [4.69, 9.17) is 0 Å². The number of anilines is 1. The first-order valence-electron chi connectivity index (χ1n) is 11.4. The van der Waals surface area contributed by atoms with Crippen molar-refractivity contribution in [3.8, 4) is 0 Å². The summed E-state index contributed by atoms with van der Waals surface area (Å²) in [7, 11) is -3.69. The van der Waals surface area contributed by atoms with Gasteiger partial charge in [-0.2, -0.15) is 0 Å². The second-order valence-electron chi connectivity index (χ2n) is 8.25. The largest absolute Gasteiger partial charge is 0.290 e. The van der Waals surface area contributed by atoms with Gasteiger partial charge in [0, 0.05) is 32.0 Å². The number of nitrogens with zero attached hydrogens (tertiary/aromatic N) is 2. The number of rotatable bonds is 10. The summed E-state index contributed by atoms with van der Waals surface area (Å²) in [4.78, 5) is 6.79. The highest BCUT2D eigenvalue weighted by atomic mass is 32.2. The first kappa shape index (κ1) is 23.7. The molecule has 4 rings (SSSR count). The van der Waals surface area contributed by atoms with Crippen molar-refractivity contribution in [3.63, 3.8) is 0 Å². The van der Waals surface area contributed by atoms with E-state index in [9.17, 15) is 8.42 Å². The van der Waals surface area contributed by atoms with E-state index in [1.165, 1.54) is 5.56 Å². The van der Waals surface area contributed by atoms with Crippen LogP contribution >= 0.6 is 0 Å². The highest BCUT2D eigenvalue weighted by Crippen LogP contribution is 2.23. The molecule has 0 aliphatic heterocycles. The van der Waals surface area contributed by atoms with Crippen LogP contribution in [0.1, 0.15) is 29.2 Å². The van der Waals surface area contributed by atoms with E-state index in [0.717, 1.165) is 29.7 Å². The Balaban J connectivity index is 1.58. The number of pyridine rings is 1. The number of hydrogen-bond acceptors (Lipinski definition) is 4. The number of para-hydroxylation sites is 1. The molecule has 34 heavy (non-hydrogen) atoms. The maximum absolute atomic E-state index is 13.1. The van der Waals surface area contributed by atoms with E-state index < -0.39 is 10.0 Å². The molecule has 0 aliphatic rings. The zero-order valence-corrected chi connectivity index (χ0v) is 20.1. The van der Waals surface area contributed by atoms with Crippen LogP contribution in [0.25, 0.3) is 0 Å². The second-order valence-corrected chi connectivity index (χ2v) is 9.93. The van der Waals surface area contributed by atoms with E-state index in [0.29, 0.717) is 18.8 Å². The van der Waals surface area contributed by atoms with Crippen molar-refractivity contribution in [2.24, 2.45) is 0 Å². The van der Waals surface area contributed by atoms with Gasteiger partial charge in [0.05, 0.1) is 10.6 Å². The topological polar surface area (TPSA) is 62.3 Å². The highest BCUT2D eigenvalue weighted by molar-refractivity contribution is 7.92. The average Bonchev–Trinajstić information content (AvgIpc) is 2.86. The molecule has 3 aromatic carbocycles. The Morgan fingerprint density at radius 2 is 1.41 bits per heavy atom. The fraction of sp³-hybridized carbons (Fsp3) is 0.179. The summed E-state index contributed by atoms with van der Waals surface area (Å²) in [6, 6.07) is 28.9. The molecule has 0 unspecified atom stereocenters. The minimum absolute atomic E-state index is 0.260. The van der Waals surface area contributed by atoms with Crippen molar-refractivity contribution in [2.75, 3.05) is 4.72 Å². The number of nitrogens with one attached hydrogen (secondary N) is 1. The SMILES string of the molecule is CCc1ccc(S(=O)(=O)Nc2ccccc2CN(Cc2ccccc2)Cc2cccnc2)cc1. The van der Waals surface area contributed by atoms with Gasteiger partial charge in [0.2, 0.25) is 0 Å². The molecule has 0 atom stereocenters. The molecule has 1 aromatic heterocycles. The molecule has 0 saturated carbocycles. The van der Waals surface area contributed by atoms with E-state index in [1.54, 1.807) is 18.3 Å². The molecule has 0 radical (unpaired) electrons. The van der Waals surface area contributed by atoms with Crippen LogP contribution in [0.3, 0.4) is 0 Å². The monoisotopic (exact) mass is 471 g/mol. The Bertz CT molecular complexity index is 1250. The molecule has 0 saturated heterocycles. The number of aromatic nitrogens is 1. The molecule has 6 heteroatoms. The van der Waals surface area contributed by atoms with Gasteiger partial charge in [0.15, 0.2) is 0 Å². The first-order valence-corrected chi connectivity index (χ1v) is 12.9. The van der Waals surface area contributed by atoms with E-state index >= 15 is 0 Å². The van der Waals surface area contributed by atoms with Crippen molar-refractivity contribution in [2.45, 2.75) is 37.9 Å². The highest BCUT2D eigenvalue weighted by Gasteiger charge is 2.17. The molecule has 0 bridgehead atoms. The third kappa shape index (κ3) is 6.31. The van der Waals surface area contributed by atoms with Gasteiger partial charge in [0.1, 0.15) is 0 Å². The number of sulfonamides is 1. The lowest BCUT2D eigenvalue weighted by molar-refractivity contribution is 0.248. The summed E-state index contributed by atoms with van der Waals surface area (Å²) >= 11 is 0. The summed E-state index contributed by atoms with van der Waals surface area (Å²) in [6.45, 7) is 4.06. The summed E-state index contributed by atoms with van der Waals surface area (Å²) in [5.74, 6) is 0. The van der Waals surface area contributed by atoms with Crippen LogP contribution in [0.4, 0.5) is 5.69 Å². The van der Waals surface area contributed by atoms with E-state index in [-0.39, 0.29) is 4.90 Å². The molecular formula is C28H29N3O2S. The minimum atomic E-state index is -3.69. The summed E-state index contributed by atoms with van der Waals surface area (Å²) < 4.78 is 29.0. The van der Waals surface area contributed by atoms with Gasteiger partial charge in [-0.15, -0.1) is 0 Å². The maximum Gasteiger partial charge on any atom is 0.261 e. The van der Waals surface area contributed by atoms with Crippen molar-refractivity contribution in [1.29, 1.82) is 0 Å². The third-order valence-electron chi connectivity index (χ3n) is 5.68. The van der Waals surface area contributed by atoms with Crippen molar-refractivity contribution < 1.29 is 8.42 Å².